The first kappa shape index (κ1) is 19.7. The molecule has 1 aliphatic rings. The second-order valence-corrected chi connectivity index (χ2v) is 6.49. The van der Waals surface area contributed by atoms with Crippen LogP contribution >= 0.6 is 0 Å². The predicted octanol–water partition coefficient (Wildman–Crippen LogP) is 2.31. The van der Waals surface area contributed by atoms with Gasteiger partial charge in [-0.25, -0.2) is 18.0 Å². The summed E-state index contributed by atoms with van der Waals surface area (Å²) in [5, 5.41) is 12.4. The Hall–Kier alpha value is -3.07. The van der Waals surface area contributed by atoms with Crippen molar-refractivity contribution in [1.82, 2.24) is 10.2 Å². The number of imide groups is 1. The van der Waals surface area contributed by atoms with E-state index in [-0.39, 0.29) is 17.9 Å². The van der Waals surface area contributed by atoms with E-state index in [1.807, 2.05) is 0 Å². The van der Waals surface area contributed by atoms with Gasteiger partial charge in [0.05, 0.1) is 6.54 Å². The second-order valence-electron chi connectivity index (χ2n) is 6.49. The van der Waals surface area contributed by atoms with Gasteiger partial charge in [0.25, 0.3) is 5.91 Å². The van der Waals surface area contributed by atoms with E-state index in [9.17, 15) is 27.9 Å². The van der Waals surface area contributed by atoms with Crippen LogP contribution in [-0.4, -0.2) is 41.2 Å². The minimum Gasteiger partial charge on any atom is -0.488 e. The first-order valence-corrected chi connectivity index (χ1v) is 8.37. The molecule has 6 nitrogen and oxygen atoms in total. The summed E-state index contributed by atoms with van der Waals surface area (Å²) < 4.78 is 46.3. The number of halogens is 3. The second kappa shape index (κ2) is 7.51. The Kier molecular flexibility index (Phi) is 5.28. The highest BCUT2D eigenvalue weighted by atomic mass is 19.1. The topological polar surface area (TPSA) is 78.9 Å². The number of rotatable bonds is 6. The number of hydrogen-bond donors (Lipinski definition) is 2. The number of benzene rings is 2. The molecule has 1 aliphatic heterocycles. The van der Waals surface area contributed by atoms with Crippen molar-refractivity contribution < 1.29 is 32.6 Å². The van der Waals surface area contributed by atoms with Crippen molar-refractivity contribution in [2.24, 2.45) is 0 Å². The molecule has 0 unspecified atom stereocenters. The average Bonchev–Trinajstić information content (AvgIpc) is 2.87. The van der Waals surface area contributed by atoms with Crippen molar-refractivity contribution in [2.75, 3.05) is 13.2 Å². The summed E-state index contributed by atoms with van der Waals surface area (Å²) in [4.78, 5) is 25.6. The summed E-state index contributed by atoms with van der Waals surface area (Å²) in [7, 11) is 0. The largest absolute Gasteiger partial charge is 0.488 e. The molecule has 0 radical (unpaired) electrons. The van der Waals surface area contributed by atoms with E-state index >= 15 is 0 Å². The minimum absolute atomic E-state index is 0.0922. The first-order chi connectivity index (χ1) is 13.2. The highest BCUT2D eigenvalue weighted by Crippen LogP contribution is 2.31. The van der Waals surface area contributed by atoms with Gasteiger partial charge in [-0.05, 0) is 37.3 Å². The Bertz CT molecular complexity index is 924. The summed E-state index contributed by atoms with van der Waals surface area (Å²) in [6.07, 6.45) is -1.32. The van der Waals surface area contributed by atoms with Crippen LogP contribution in [0.5, 0.6) is 5.75 Å². The van der Waals surface area contributed by atoms with Gasteiger partial charge in [-0.2, -0.15) is 0 Å². The molecule has 1 saturated heterocycles. The minimum atomic E-state index is -1.82. The summed E-state index contributed by atoms with van der Waals surface area (Å²) in [6.45, 7) is 0.391. The zero-order valence-electron chi connectivity index (χ0n) is 14.8. The maximum Gasteiger partial charge on any atom is 0.325 e. The summed E-state index contributed by atoms with van der Waals surface area (Å²) in [5.74, 6) is -3.20. The van der Waals surface area contributed by atoms with Crippen LogP contribution in [0.3, 0.4) is 0 Å². The Labute approximate surface area is 158 Å². The van der Waals surface area contributed by atoms with Crippen molar-refractivity contribution >= 4 is 11.9 Å². The van der Waals surface area contributed by atoms with Crippen LogP contribution in [0.2, 0.25) is 0 Å². The van der Waals surface area contributed by atoms with Gasteiger partial charge >= 0.3 is 6.03 Å². The third kappa shape index (κ3) is 3.65. The van der Waals surface area contributed by atoms with Crippen LogP contribution in [0.15, 0.2) is 42.5 Å². The molecular weight excluding hydrogens is 377 g/mol. The lowest BCUT2D eigenvalue weighted by molar-refractivity contribution is -0.132. The molecular formula is C19H17F3N2O4. The number of β-amino-alcohol motifs (C(OH)–C–C–N with tert-alkyl or cyclic N) is 1. The molecule has 3 rings (SSSR count). The Morgan fingerprint density at radius 1 is 1.14 bits per heavy atom. The number of urea groups is 1. The van der Waals surface area contributed by atoms with Gasteiger partial charge in [0.2, 0.25) is 0 Å². The molecule has 0 saturated carbocycles. The van der Waals surface area contributed by atoms with E-state index in [2.05, 4.69) is 5.32 Å². The van der Waals surface area contributed by atoms with Crippen LogP contribution in [0.4, 0.5) is 18.0 Å². The van der Waals surface area contributed by atoms with Crippen LogP contribution in [-0.2, 0) is 10.3 Å². The fourth-order valence-electron chi connectivity index (χ4n) is 2.94. The average molecular weight is 394 g/mol. The zero-order valence-corrected chi connectivity index (χ0v) is 14.8. The highest BCUT2D eigenvalue weighted by Gasteiger charge is 2.50. The van der Waals surface area contributed by atoms with Crippen molar-refractivity contribution in [2.45, 2.75) is 18.6 Å². The van der Waals surface area contributed by atoms with Crippen molar-refractivity contribution in [3.8, 4) is 5.75 Å². The van der Waals surface area contributed by atoms with E-state index in [4.69, 9.17) is 4.74 Å². The SMILES string of the molecule is C[C@]1(c2cc(F)ccc2F)NC(=O)N(C[C@H](O)COc2ccccc2F)C1=O. The maximum atomic E-state index is 14.1. The number of amides is 3. The molecule has 2 atom stereocenters. The van der Waals surface area contributed by atoms with Crippen molar-refractivity contribution in [3.63, 3.8) is 0 Å². The van der Waals surface area contributed by atoms with E-state index in [1.54, 1.807) is 6.07 Å². The molecule has 0 spiro atoms. The fourth-order valence-corrected chi connectivity index (χ4v) is 2.94. The number of nitrogens with zero attached hydrogens (tertiary/aromatic N) is 1. The molecule has 2 N–H and O–H groups in total. The van der Waals surface area contributed by atoms with E-state index in [0.717, 1.165) is 18.2 Å². The fraction of sp³-hybridized carbons (Fsp3) is 0.263. The Balaban J connectivity index is 1.71. The van der Waals surface area contributed by atoms with Gasteiger partial charge in [0.15, 0.2) is 11.6 Å². The molecule has 2 aromatic rings. The van der Waals surface area contributed by atoms with Crippen LogP contribution in [0.1, 0.15) is 12.5 Å². The van der Waals surface area contributed by atoms with Gasteiger partial charge in [-0.3, -0.25) is 9.69 Å². The van der Waals surface area contributed by atoms with Gasteiger partial charge in [-0.15, -0.1) is 0 Å². The number of aliphatic hydroxyl groups excluding tert-OH is 1. The highest BCUT2D eigenvalue weighted by molar-refractivity contribution is 6.07. The van der Waals surface area contributed by atoms with Gasteiger partial charge in [0, 0.05) is 5.56 Å². The molecule has 1 heterocycles. The lowest BCUT2D eigenvalue weighted by atomic mass is 9.91. The molecule has 28 heavy (non-hydrogen) atoms. The first-order valence-electron chi connectivity index (χ1n) is 8.37. The Morgan fingerprint density at radius 2 is 1.86 bits per heavy atom. The number of carbonyl (C=O) groups is 2. The van der Waals surface area contributed by atoms with Crippen LogP contribution in [0, 0.1) is 17.5 Å². The number of carbonyl (C=O) groups excluding carboxylic acids is 2. The zero-order chi connectivity index (χ0) is 20.5. The Morgan fingerprint density at radius 3 is 2.57 bits per heavy atom. The molecule has 2 aromatic carbocycles. The lowest BCUT2D eigenvalue weighted by Gasteiger charge is -2.23. The van der Waals surface area contributed by atoms with Crippen LogP contribution in [0.25, 0.3) is 0 Å². The number of nitrogens with one attached hydrogen (secondary N) is 1. The molecule has 1 fully saturated rings. The van der Waals surface area contributed by atoms with Gasteiger partial charge in [-0.1, -0.05) is 12.1 Å². The van der Waals surface area contributed by atoms with E-state index in [1.165, 1.54) is 25.1 Å². The van der Waals surface area contributed by atoms with Gasteiger partial charge < -0.3 is 15.2 Å². The van der Waals surface area contributed by atoms with Gasteiger partial charge in [0.1, 0.15) is 29.9 Å². The summed E-state index contributed by atoms with van der Waals surface area (Å²) >= 11 is 0. The summed E-state index contributed by atoms with van der Waals surface area (Å²) in [5.41, 5.74) is -2.15. The monoisotopic (exact) mass is 394 g/mol. The smallest absolute Gasteiger partial charge is 0.325 e. The number of aliphatic hydroxyl groups is 1. The molecule has 148 valence electrons. The molecule has 0 bridgehead atoms. The quantitative estimate of drug-likeness (QED) is 0.737. The lowest BCUT2D eigenvalue weighted by Crippen LogP contribution is -2.43. The van der Waals surface area contributed by atoms with E-state index in [0.29, 0.717) is 4.90 Å². The molecule has 0 aromatic heterocycles. The molecule has 9 heteroatoms. The normalized spacial score (nSPS) is 20.2. The van der Waals surface area contributed by atoms with E-state index < -0.39 is 47.6 Å². The molecule has 3 amide bonds. The maximum absolute atomic E-state index is 14.1. The third-order valence-corrected chi connectivity index (χ3v) is 4.40. The molecule has 0 aliphatic carbocycles. The number of hydrogen-bond acceptors (Lipinski definition) is 4. The predicted molar refractivity (Wildman–Crippen MR) is 91.9 cm³/mol. The van der Waals surface area contributed by atoms with Crippen molar-refractivity contribution in [3.05, 3.63) is 65.5 Å². The number of ether oxygens (including phenoxy) is 1. The number of para-hydroxylation sites is 1. The van der Waals surface area contributed by atoms with Crippen molar-refractivity contribution in [1.29, 1.82) is 0 Å². The third-order valence-electron chi connectivity index (χ3n) is 4.40. The summed E-state index contributed by atoms with van der Waals surface area (Å²) in [6, 6.07) is 7.26. The van der Waals surface area contributed by atoms with Crippen LogP contribution < -0.4 is 10.1 Å². The standard InChI is InChI=1S/C19H17F3N2O4/c1-19(13-8-11(20)6-7-14(13)21)17(26)24(18(27)23-19)9-12(25)10-28-16-5-3-2-4-15(16)22/h2-8,12,25H,9-10H2,1H3,(H,23,27)/t12-,19+/m0/s1.